The van der Waals surface area contributed by atoms with Crippen molar-refractivity contribution in [2.45, 2.75) is 6.61 Å². The Morgan fingerprint density at radius 1 is 1.20 bits per heavy atom. The van der Waals surface area contributed by atoms with Gasteiger partial charge in [-0.2, -0.15) is 0 Å². The van der Waals surface area contributed by atoms with Gasteiger partial charge in [0, 0.05) is 7.05 Å². The van der Waals surface area contributed by atoms with Crippen LogP contribution in [0.25, 0.3) is 0 Å². The van der Waals surface area contributed by atoms with Crippen LogP contribution in [0, 0.1) is 0 Å². The average molecular weight is 312 g/mol. The van der Waals surface area contributed by atoms with Crippen LogP contribution in [-0.4, -0.2) is 23.1 Å². The summed E-state index contributed by atoms with van der Waals surface area (Å²) in [4.78, 5) is 20.7. The zero-order chi connectivity index (χ0) is 14.5. The number of anilines is 1. The SMILES string of the molecule is CN(C(=O)OCc1ccccc1)c1c(Cl)ncnc1Cl. The molecule has 0 atom stereocenters. The Hall–Kier alpha value is -1.85. The summed E-state index contributed by atoms with van der Waals surface area (Å²) < 4.78 is 5.17. The van der Waals surface area contributed by atoms with Gasteiger partial charge in [0.1, 0.15) is 18.6 Å². The van der Waals surface area contributed by atoms with Crippen molar-refractivity contribution in [1.82, 2.24) is 9.97 Å². The highest BCUT2D eigenvalue weighted by molar-refractivity contribution is 6.38. The number of ether oxygens (including phenoxy) is 1. The third-order valence-corrected chi connectivity index (χ3v) is 3.10. The standard InChI is InChI=1S/C13H11Cl2N3O2/c1-18(10-11(14)16-8-17-12(10)15)13(19)20-7-9-5-3-2-4-6-9/h2-6,8H,7H2,1H3. The fourth-order valence-electron chi connectivity index (χ4n) is 1.52. The number of benzene rings is 1. The van der Waals surface area contributed by atoms with Gasteiger partial charge in [0.2, 0.25) is 0 Å². The molecule has 0 aliphatic heterocycles. The first-order chi connectivity index (χ1) is 9.59. The number of amides is 1. The molecule has 20 heavy (non-hydrogen) atoms. The number of carbonyl (C=O) groups is 1. The second-order valence-electron chi connectivity index (χ2n) is 3.90. The van der Waals surface area contributed by atoms with Crippen molar-refractivity contribution in [3.05, 3.63) is 52.5 Å². The van der Waals surface area contributed by atoms with Crippen molar-refractivity contribution in [2.75, 3.05) is 11.9 Å². The van der Waals surface area contributed by atoms with E-state index in [4.69, 9.17) is 27.9 Å². The molecular weight excluding hydrogens is 301 g/mol. The Bertz CT molecular complexity index is 588. The molecule has 0 spiro atoms. The van der Waals surface area contributed by atoms with Gasteiger partial charge in [0.25, 0.3) is 0 Å². The lowest BCUT2D eigenvalue weighted by Gasteiger charge is -2.18. The van der Waals surface area contributed by atoms with Crippen molar-refractivity contribution in [3.8, 4) is 0 Å². The number of rotatable bonds is 3. The molecule has 0 saturated carbocycles. The maximum atomic E-state index is 12.0. The van der Waals surface area contributed by atoms with Crippen molar-refractivity contribution < 1.29 is 9.53 Å². The minimum Gasteiger partial charge on any atom is -0.444 e. The van der Waals surface area contributed by atoms with E-state index in [-0.39, 0.29) is 22.6 Å². The van der Waals surface area contributed by atoms with Crippen LogP contribution < -0.4 is 4.90 Å². The minimum atomic E-state index is -0.590. The molecule has 1 heterocycles. The molecule has 0 bridgehead atoms. The van der Waals surface area contributed by atoms with Gasteiger partial charge in [0.15, 0.2) is 10.3 Å². The third kappa shape index (κ3) is 3.37. The number of aromatic nitrogens is 2. The van der Waals surface area contributed by atoms with Crippen LogP contribution in [0.3, 0.4) is 0 Å². The molecule has 0 saturated heterocycles. The molecule has 0 N–H and O–H groups in total. The van der Waals surface area contributed by atoms with Gasteiger partial charge < -0.3 is 4.74 Å². The van der Waals surface area contributed by atoms with Gasteiger partial charge in [-0.3, -0.25) is 4.90 Å². The van der Waals surface area contributed by atoms with Gasteiger partial charge in [-0.05, 0) is 5.56 Å². The molecule has 5 nitrogen and oxygen atoms in total. The number of halogens is 2. The van der Waals surface area contributed by atoms with Gasteiger partial charge in [-0.15, -0.1) is 0 Å². The fraction of sp³-hybridized carbons (Fsp3) is 0.154. The normalized spacial score (nSPS) is 10.2. The Kier molecular flexibility index (Phi) is 4.76. The average Bonchev–Trinajstić information content (AvgIpc) is 2.45. The first-order valence-electron chi connectivity index (χ1n) is 5.70. The van der Waals surface area contributed by atoms with Crippen molar-refractivity contribution >= 4 is 35.0 Å². The molecule has 1 aromatic carbocycles. The molecule has 7 heteroatoms. The molecule has 2 rings (SSSR count). The Labute approximate surface area is 126 Å². The monoisotopic (exact) mass is 311 g/mol. The second kappa shape index (κ2) is 6.54. The van der Waals surface area contributed by atoms with Crippen LogP contribution in [0.2, 0.25) is 10.3 Å². The van der Waals surface area contributed by atoms with E-state index < -0.39 is 6.09 Å². The summed E-state index contributed by atoms with van der Waals surface area (Å²) in [5.74, 6) is 0. The molecule has 0 aliphatic rings. The third-order valence-electron chi connectivity index (χ3n) is 2.55. The number of hydrogen-bond acceptors (Lipinski definition) is 4. The van der Waals surface area contributed by atoms with E-state index in [1.807, 2.05) is 30.3 Å². The van der Waals surface area contributed by atoms with Crippen molar-refractivity contribution in [2.24, 2.45) is 0 Å². The summed E-state index contributed by atoms with van der Waals surface area (Å²) in [6, 6.07) is 9.34. The van der Waals surface area contributed by atoms with E-state index in [0.29, 0.717) is 0 Å². The van der Waals surface area contributed by atoms with Crippen LogP contribution in [0.5, 0.6) is 0 Å². The Balaban J connectivity index is 2.06. The van der Waals surface area contributed by atoms with Gasteiger partial charge in [0.05, 0.1) is 0 Å². The van der Waals surface area contributed by atoms with E-state index >= 15 is 0 Å². The molecule has 0 fully saturated rings. The zero-order valence-corrected chi connectivity index (χ0v) is 12.1. The van der Waals surface area contributed by atoms with E-state index in [1.54, 1.807) is 0 Å². The summed E-state index contributed by atoms with van der Waals surface area (Å²) in [7, 11) is 1.49. The minimum absolute atomic E-state index is 0.0872. The summed E-state index contributed by atoms with van der Waals surface area (Å²) >= 11 is 11.8. The summed E-state index contributed by atoms with van der Waals surface area (Å²) in [6.07, 6.45) is 0.629. The molecule has 0 radical (unpaired) electrons. The molecule has 1 aromatic heterocycles. The van der Waals surface area contributed by atoms with Crippen molar-refractivity contribution in [1.29, 1.82) is 0 Å². The lowest BCUT2D eigenvalue weighted by atomic mass is 10.2. The first kappa shape index (κ1) is 14.6. The quantitative estimate of drug-likeness (QED) is 0.813. The summed E-state index contributed by atoms with van der Waals surface area (Å²) in [5.41, 5.74) is 1.10. The lowest BCUT2D eigenvalue weighted by molar-refractivity contribution is 0.148. The highest BCUT2D eigenvalue weighted by Gasteiger charge is 2.20. The number of hydrogen-bond donors (Lipinski definition) is 0. The van der Waals surface area contributed by atoms with Gasteiger partial charge in [-0.1, -0.05) is 53.5 Å². The second-order valence-corrected chi connectivity index (χ2v) is 4.62. The van der Waals surface area contributed by atoms with Crippen molar-refractivity contribution in [3.63, 3.8) is 0 Å². The summed E-state index contributed by atoms with van der Waals surface area (Å²) in [5, 5.41) is 0.174. The maximum absolute atomic E-state index is 12.0. The van der Waals surface area contributed by atoms with E-state index in [9.17, 15) is 4.79 Å². The predicted octanol–water partition coefficient (Wildman–Crippen LogP) is 3.56. The molecule has 1 amide bonds. The zero-order valence-electron chi connectivity index (χ0n) is 10.6. The van der Waals surface area contributed by atoms with Crippen LogP contribution in [-0.2, 0) is 11.3 Å². The number of carbonyl (C=O) groups excluding carboxylic acids is 1. The van der Waals surface area contributed by atoms with Gasteiger partial charge in [-0.25, -0.2) is 14.8 Å². The Morgan fingerprint density at radius 3 is 2.40 bits per heavy atom. The molecule has 2 aromatic rings. The smallest absolute Gasteiger partial charge is 0.414 e. The van der Waals surface area contributed by atoms with E-state index in [2.05, 4.69) is 9.97 Å². The van der Waals surface area contributed by atoms with Gasteiger partial charge >= 0.3 is 6.09 Å². The predicted molar refractivity (Wildman–Crippen MR) is 77.1 cm³/mol. The highest BCUT2D eigenvalue weighted by Crippen LogP contribution is 2.29. The van der Waals surface area contributed by atoms with E-state index in [0.717, 1.165) is 5.56 Å². The highest BCUT2D eigenvalue weighted by atomic mass is 35.5. The Morgan fingerprint density at radius 2 is 1.80 bits per heavy atom. The van der Waals surface area contributed by atoms with Crippen LogP contribution >= 0.6 is 23.2 Å². The topological polar surface area (TPSA) is 55.3 Å². The fourth-order valence-corrected chi connectivity index (χ4v) is 2.09. The molecule has 0 aliphatic carbocycles. The molecule has 0 unspecified atom stereocenters. The summed E-state index contributed by atoms with van der Waals surface area (Å²) in [6.45, 7) is 0.160. The maximum Gasteiger partial charge on any atom is 0.414 e. The van der Waals surface area contributed by atoms with Crippen LogP contribution in [0.15, 0.2) is 36.7 Å². The van der Waals surface area contributed by atoms with E-state index in [1.165, 1.54) is 18.3 Å². The molecular formula is C13H11Cl2N3O2. The lowest BCUT2D eigenvalue weighted by Crippen LogP contribution is -2.28. The first-order valence-corrected chi connectivity index (χ1v) is 6.45. The van der Waals surface area contributed by atoms with Crippen LogP contribution in [0.1, 0.15) is 5.56 Å². The number of nitrogens with zero attached hydrogens (tertiary/aromatic N) is 3. The largest absolute Gasteiger partial charge is 0.444 e. The van der Waals surface area contributed by atoms with Crippen LogP contribution in [0.4, 0.5) is 10.5 Å². The molecule has 104 valence electrons.